The van der Waals surface area contributed by atoms with Crippen LogP contribution < -0.4 is 0 Å². The number of rotatable bonds is 3. The van der Waals surface area contributed by atoms with E-state index in [0.29, 0.717) is 6.79 Å². The van der Waals surface area contributed by atoms with Crippen LogP contribution in [0.5, 0.6) is 0 Å². The molecule has 4 heteroatoms. The molecule has 12 heavy (non-hydrogen) atoms. The van der Waals surface area contributed by atoms with Gasteiger partial charge in [0.15, 0.2) is 0 Å². The van der Waals surface area contributed by atoms with E-state index >= 15 is 0 Å². The minimum absolute atomic E-state index is 0.0214. The summed E-state index contributed by atoms with van der Waals surface area (Å²) >= 11 is 0. The molecule has 2 saturated heterocycles. The number of likely N-dealkylation sites (tertiary alicyclic amines) is 1. The highest BCUT2D eigenvalue weighted by atomic mass is 16.7. The summed E-state index contributed by atoms with van der Waals surface area (Å²) in [6, 6.07) is 0. The lowest BCUT2D eigenvalue weighted by Gasteiger charge is -2.14. The van der Waals surface area contributed by atoms with Crippen LogP contribution in [0.1, 0.15) is 6.42 Å². The van der Waals surface area contributed by atoms with Crippen LogP contribution in [0.25, 0.3) is 0 Å². The number of hydrogen-bond acceptors (Lipinski definition) is 3. The molecule has 0 amide bonds. The van der Waals surface area contributed by atoms with Crippen molar-refractivity contribution in [2.24, 2.45) is 0 Å². The third-order valence-corrected chi connectivity index (χ3v) is 2.47. The molecular weight excluding hydrogens is 158 g/mol. The van der Waals surface area contributed by atoms with Crippen LogP contribution in [-0.4, -0.2) is 50.1 Å². The fraction of sp³-hybridized carbons (Fsp3) is 1.00. The Kier molecular flexibility index (Phi) is 2.60. The van der Waals surface area contributed by atoms with Gasteiger partial charge in [-0.05, 0) is 6.42 Å². The van der Waals surface area contributed by atoms with Crippen LogP contribution >= 0.6 is 0 Å². The SMILES string of the molecule is [O]CCCN1CC2OCOC2C1. The van der Waals surface area contributed by atoms with E-state index in [1.165, 1.54) is 0 Å². The Balaban J connectivity index is 1.75. The van der Waals surface area contributed by atoms with Gasteiger partial charge in [-0.3, -0.25) is 4.90 Å². The third kappa shape index (κ3) is 1.61. The van der Waals surface area contributed by atoms with Crippen LogP contribution in [0, 0.1) is 0 Å². The first kappa shape index (κ1) is 8.44. The van der Waals surface area contributed by atoms with Gasteiger partial charge in [-0.25, -0.2) is 5.11 Å². The summed E-state index contributed by atoms with van der Waals surface area (Å²) in [5.74, 6) is 0. The zero-order valence-corrected chi connectivity index (χ0v) is 7.07. The predicted molar refractivity (Wildman–Crippen MR) is 41.2 cm³/mol. The zero-order chi connectivity index (χ0) is 8.39. The molecule has 2 atom stereocenters. The number of nitrogens with zero attached hydrogens (tertiary/aromatic N) is 1. The van der Waals surface area contributed by atoms with Gasteiger partial charge in [0, 0.05) is 19.6 Å². The molecule has 69 valence electrons. The van der Waals surface area contributed by atoms with Crippen molar-refractivity contribution in [2.75, 3.05) is 33.0 Å². The van der Waals surface area contributed by atoms with Gasteiger partial charge >= 0.3 is 0 Å². The highest BCUT2D eigenvalue weighted by molar-refractivity contribution is 4.87. The minimum Gasteiger partial charge on any atom is -0.348 e. The van der Waals surface area contributed by atoms with Crippen molar-refractivity contribution in [3.05, 3.63) is 0 Å². The van der Waals surface area contributed by atoms with E-state index in [1.807, 2.05) is 0 Å². The topological polar surface area (TPSA) is 41.6 Å². The summed E-state index contributed by atoms with van der Waals surface area (Å²) in [7, 11) is 0. The Morgan fingerprint density at radius 2 is 1.92 bits per heavy atom. The van der Waals surface area contributed by atoms with Gasteiger partial charge in [-0.1, -0.05) is 0 Å². The quantitative estimate of drug-likeness (QED) is 0.595. The predicted octanol–water partition coefficient (Wildman–Crippen LogP) is -0.136. The van der Waals surface area contributed by atoms with Crippen molar-refractivity contribution in [1.82, 2.24) is 4.90 Å². The fourth-order valence-electron chi connectivity index (χ4n) is 1.82. The Bertz CT molecular complexity index is 141. The molecule has 2 rings (SSSR count). The Labute approximate surface area is 72.1 Å². The second-order valence-corrected chi connectivity index (χ2v) is 3.35. The Morgan fingerprint density at radius 3 is 2.50 bits per heavy atom. The van der Waals surface area contributed by atoms with Crippen LogP contribution in [-0.2, 0) is 14.6 Å². The van der Waals surface area contributed by atoms with Crippen molar-refractivity contribution >= 4 is 0 Å². The van der Waals surface area contributed by atoms with E-state index in [9.17, 15) is 5.11 Å². The third-order valence-electron chi connectivity index (χ3n) is 2.47. The maximum atomic E-state index is 10.2. The van der Waals surface area contributed by atoms with Crippen LogP contribution in [0.2, 0.25) is 0 Å². The smallest absolute Gasteiger partial charge is 0.147 e. The monoisotopic (exact) mass is 172 g/mol. The van der Waals surface area contributed by atoms with E-state index in [-0.39, 0.29) is 18.8 Å². The van der Waals surface area contributed by atoms with Gasteiger partial charge < -0.3 is 9.47 Å². The first-order valence-corrected chi connectivity index (χ1v) is 4.44. The first-order valence-electron chi connectivity index (χ1n) is 4.44. The molecule has 0 aliphatic carbocycles. The first-order chi connectivity index (χ1) is 5.90. The summed E-state index contributed by atoms with van der Waals surface area (Å²) in [5.41, 5.74) is 0. The molecule has 0 N–H and O–H groups in total. The maximum Gasteiger partial charge on any atom is 0.147 e. The summed E-state index contributed by atoms with van der Waals surface area (Å²) in [5, 5.41) is 10.2. The van der Waals surface area contributed by atoms with Gasteiger partial charge in [0.2, 0.25) is 0 Å². The lowest BCUT2D eigenvalue weighted by Crippen LogP contribution is -2.25. The molecule has 2 aliphatic rings. The van der Waals surface area contributed by atoms with Gasteiger partial charge in [0.25, 0.3) is 0 Å². The van der Waals surface area contributed by atoms with Crippen molar-refractivity contribution in [2.45, 2.75) is 18.6 Å². The summed E-state index contributed by atoms with van der Waals surface area (Å²) in [4.78, 5) is 2.24. The summed E-state index contributed by atoms with van der Waals surface area (Å²) < 4.78 is 10.7. The highest BCUT2D eigenvalue weighted by Crippen LogP contribution is 2.21. The second kappa shape index (κ2) is 3.70. The van der Waals surface area contributed by atoms with Crippen molar-refractivity contribution < 1.29 is 14.6 Å². The molecule has 2 aliphatic heterocycles. The minimum atomic E-state index is 0.0214. The number of fused-ring (bicyclic) bond motifs is 1. The Hall–Kier alpha value is -0.160. The van der Waals surface area contributed by atoms with Gasteiger partial charge in [0.1, 0.15) is 19.0 Å². The summed E-state index contributed by atoms with van der Waals surface area (Å²) in [6.45, 7) is 3.23. The molecule has 0 aromatic rings. The molecule has 2 unspecified atom stereocenters. The lowest BCUT2D eigenvalue weighted by atomic mass is 10.3. The van der Waals surface area contributed by atoms with Gasteiger partial charge in [-0.15, -0.1) is 0 Å². The zero-order valence-electron chi connectivity index (χ0n) is 7.07. The van der Waals surface area contributed by atoms with E-state index < -0.39 is 0 Å². The van der Waals surface area contributed by atoms with E-state index in [2.05, 4.69) is 4.90 Å². The molecule has 0 bridgehead atoms. The molecule has 2 heterocycles. The standard InChI is InChI=1S/C8H14NO3/c10-3-1-2-9-4-7-8(5-9)12-6-11-7/h7-8H,1-6H2. The molecule has 2 fully saturated rings. The molecule has 0 spiro atoms. The van der Waals surface area contributed by atoms with Crippen molar-refractivity contribution in [1.29, 1.82) is 0 Å². The molecule has 4 nitrogen and oxygen atoms in total. The van der Waals surface area contributed by atoms with E-state index in [1.54, 1.807) is 0 Å². The average Bonchev–Trinajstić information content (AvgIpc) is 2.58. The summed E-state index contributed by atoms with van der Waals surface area (Å²) in [6.07, 6.45) is 1.26. The lowest BCUT2D eigenvalue weighted by molar-refractivity contribution is 0.0144. The van der Waals surface area contributed by atoms with Crippen LogP contribution in [0.4, 0.5) is 0 Å². The Morgan fingerprint density at radius 1 is 1.25 bits per heavy atom. The highest BCUT2D eigenvalue weighted by Gasteiger charge is 2.37. The molecule has 0 aromatic carbocycles. The largest absolute Gasteiger partial charge is 0.348 e. The maximum absolute atomic E-state index is 10.2. The van der Waals surface area contributed by atoms with Crippen molar-refractivity contribution in [3.8, 4) is 0 Å². The van der Waals surface area contributed by atoms with Crippen LogP contribution in [0.15, 0.2) is 0 Å². The van der Waals surface area contributed by atoms with Gasteiger partial charge in [-0.2, -0.15) is 0 Å². The van der Waals surface area contributed by atoms with Crippen LogP contribution in [0.3, 0.4) is 0 Å². The molecule has 1 radical (unpaired) electrons. The van der Waals surface area contributed by atoms with E-state index in [0.717, 1.165) is 26.1 Å². The van der Waals surface area contributed by atoms with Crippen molar-refractivity contribution in [3.63, 3.8) is 0 Å². The average molecular weight is 172 g/mol. The van der Waals surface area contributed by atoms with Gasteiger partial charge in [0.05, 0.1) is 6.61 Å². The fourth-order valence-corrected chi connectivity index (χ4v) is 1.82. The normalized spacial score (nSPS) is 35.8. The molecule has 0 saturated carbocycles. The number of hydrogen-bond donors (Lipinski definition) is 0. The second-order valence-electron chi connectivity index (χ2n) is 3.35. The molecular formula is C8H14NO3. The number of ether oxygens (including phenoxy) is 2. The van der Waals surface area contributed by atoms with E-state index in [4.69, 9.17) is 9.47 Å². The molecule has 0 aromatic heterocycles.